The maximum absolute atomic E-state index is 13.5. The van der Waals surface area contributed by atoms with E-state index in [0.717, 1.165) is 41.5 Å². The monoisotopic (exact) mass is 573 g/mol. The Morgan fingerprint density at radius 1 is 1.00 bits per heavy atom. The Morgan fingerprint density at radius 2 is 1.71 bits per heavy atom. The zero-order chi connectivity index (χ0) is 26.7. The lowest BCUT2D eigenvalue weighted by Crippen LogP contribution is -2.48. The zero-order valence-corrected chi connectivity index (χ0v) is 22.6. The fraction of sp³-hybridized carbons (Fsp3) is 0.231. The third-order valence-corrected chi connectivity index (χ3v) is 8.95. The van der Waals surface area contributed by atoms with Gasteiger partial charge in [-0.25, -0.2) is 17.8 Å². The first-order valence-corrected chi connectivity index (χ1v) is 14.6. The molecular formula is C26H25ClFN5O3S2. The van der Waals surface area contributed by atoms with Gasteiger partial charge >= 0.3 is 0 Å². The Hall–Kier alpha value is -3.25. The van der Waals surface area contributed by atoms with Gasteiger partial charge in [-0.1, -0.05) is 22.9 Å². The lowest BCUT2D eigenvalue weighted by Gasteiger charge is -2.34. The number of nitrogens with one attached hydrogen (secondary N) is 2. The molecule has 0 saturated carbocycles. The summed E-state index contributed by atoms with van der Waals surface area (Å²) < 4.78 is 41.9. The van der Waals surface area contributed by atoms with Crippen molar-refractivity contribution < 1.29 is 17.6 Å². The average Bonchev–Trinajstić information content (AvgIpc) is 3.33. The SMILES string of the molecule is O=C(NCCN1CCN(c2nc3ccc(F)cc3s2)CC1)c1ccc(NS(=O)(=O)c2ccc(Cl)cc2)cc1. The lowest BCUT2D eigenvalue weighted by molar-refractivity contribution is 0.0948. The second kappa shape index (κ2) is 11.2. The van der Waals surface area contributed by atoms with Gasteiger partial charge in [0.05, 0.1) is 15.1 Å². The molecule has 0 radical (unpaired) electrons. The van der Waals surface area contributed by atoms with Crippen LogP contribution in [0, 0.1) is 5.82 Å². The minimum Gasteiger partial charge on any atom is -0.351 e. The minimum atomic E-state index is -3.76. The minimum absolute atomic E-state index is 0.0972. The Morgan fingerprint density at radius 3 is 2.42 bits per heavy atom. The van der Waals surface area contributed by atoms with E-state index < -0.39 is 10.0 Å². The number of sulfonamides is 1. The number of halogens is 2. The van der Waals surface area contributed by atoms with Crippen molar-refractivity contribution in [2.75, 3.05) is 48.9 Å². The van der Waals surface area contributed by atoms with E-state index in [4.69, 9.17) is 11.6 Å². The highest BCUT2D eigenvalue weighted by Crippen LogP contribution is 2.29. The van der Waals surface area contributed by atoms with Crippen molar-refractivity contribution >= 4 is 59.9 Å². The molecule has 1 aliphatic rings. The zero-order valence-electron chi connectivity index (χ0n) is 20.2. The van der Waals surface area contributed by atoms with Gasteiger partial charge in [-0.15, -0.1) is 0 Å². The first-order valence-electron chi connectivity index (χ1n) is 12.0. The van der Waals surface area contributed by atoms with Crippen LogP contribution in [-0.4, -0.2) is 63.5 Å². The molecule has 0 aliphatic carbocycles. The van der Waals surface area contributed by atoms with Gasteiger partial charge in [-0.2, -0.15) is 0 Å². The molecule has 0 bridgehead atoms. The topological polar surface area (TPSA) is 94.6 Å². The number of carbonyl (C=O) groups excluding carboxylic acids is 1. The first-order chi connectivity index (χ1) is 18.3. The molecule has 1 fully saturated rings. The van der Waals surface area contributed by atoms with Gasteiger partial charge in [0.1, 0.15) is 5.82 Å². The number of fused-ring (bicyclic) bond motifs is 1. The average molecular weight is 574 g/mol. The summed E-state index contributed by atoms with van der Waals surface area (Å²) in [5.41, 5.74) is 1.60. The Kier molecular flexibility index (Phi) is 7.80. The second-order valence-electron chi connectivity index (χ2n) is 8.83. The Balaban J connectivity index is 1.07. The molecule has 1 aliphatic heterocycles. The standard InChI is InChI=1S/C26H25ClFN5O3S2/c27-19-3-8-22(9-4-19)38(35,36)31-21-6-1-18(2-7-21)25(34)29-11-12-32-13-15-33(16-14-32)26-30-23-10-5-20(28)17-24(23)37-26/h1-10,17,31H,11-16H2,(H,29,34). The van der Waals surface area contributed by atoms with Crippen LogP contribution in [0.3, 0.4) is 0 Å². The molecule has 3 aromatic carbocycles. The fourth-order valence-electron chi connectivity index (χ4n) is 4.13. The largest absolute Gasteiger partial charge is 0.351 e. The van der Waals surface area contributed by atoms with Crippen molar-refractivity contribution in [2.24, 2.45) is 0 Å². The number of hydrogen-bond acceptors (Lipinski definition) is 7. The number of nitrogens with zero attached hydrogens (tertiary/aromatic N) is 3. The number of benzene rings is 3. The maximum atomic E-state index is 13.5. The summed E-state index contributed by atoms with van der Waals surface area (Å²) in [5, 5.41) is 4.27. The van der Waals surface area contributed by atoms with Crippen molar-refractivity contribution in [2.45, 2.75) is 4.90 Å². The van der Waals surface area contributed by atoms with E-state index in [2.05, 4.69) is 24.8 Å². The predicted molar refractivity (Wildman–Crippen MR) is 149 cm³/mol. The van der Waals surface area contributed by atoms with Crippen LogP contribution in [0.5, 0.6) is 0 Å². The quantitative estimate of drug-likeness (QED) is 0.324. The summed E-state index contributed by atoms with van der Waals surface area (Å²) >= 11 is 7.32. The van der Waals surface area contributed by atoms with Gasteiger partial charge < -0.3 is 10.2 Å². The third-order valence-electron chi connectivity index (χ3n) is 6.22. The molecule has 1 amide bonds. The molecule has 12 heteroatoms. The molecule has 2 N–H and O–H groups in total. The molecule has 5 rings (SSSR count). The highest BCUT2D eigenvalue weighted by atomic mass is 35.5. The predicted octanol–water partition coefficient (Wildman–Crippen LogP) is 4.44. The van der Waals surface area contributed by atoms with E-state index >= 15 is 0 Å². The second-order valence-corrected chi connectivity index (χ2v) is 12.0. The van der Waals surface area contributed by atoms with Gasteiger partial charge in [-0.05, 0) is 66.7 Å². The van der Waals surface area contributed by atoms with Crippen molar-refractivity contribution in [3.63, 3.8) is 0 Å². The van der Waals surface area contributed by atoms with Gasteiger partial charge in [-0.3, -0.25) is 14.4 Å². The van der Waals surface area contributed by atoms with Crippen molar-refractivity contribution in [3.05, 3.63) is 83.1 Å². The van der Waals surface area contributed by atoms with E-state index in [9.17, 15) is 17.6 Å². The smallest absolute Gasteiger partial charge is 0.261 e. The Bertz CT molecular complexity index is 1540. The number of carbonyl (C=O) groups is 1. The van der Waals surface area contributed by atoms with Gasteiger partial charge in [0.2, 0.25) is 0 Å². The number of aromatic nitrogens is 1. The van der Waals surface area contributed by atoms with E-state index in [1.807, 2.05) is 0 Å². The molecule has 1 aromatic heterocycles. The number of thiazole rings is 1. The van der Waals surface area contributed by atoms with Crippen LogP contribution >= 0.6 is 22.9 Å². The van der Waals surface area contributed by atoms with E-state index in [1.54, 1.807) is 30.3 Å². The van der Waals surface area contributed by atoms with E-state index in [0.29, 0.717) is 29.4 Å². The number of amides is 1. The molecule has 1 saturated heterocycles. The van der Waals surface area contributed by atoms with Crippen LogP contribution in [0.4, 0.5) is 15.2 Å². The summed E-state index contributed by atoms with van der Waals surface area (Å²) in [7, 11) is -3.76. The molecule has 8 nitrogen and oxygen atoms in total. The third kappa shape index (κ3) is 6.24. The van der Waals surface area contributed by atoms with Crippen molar-refractivity contribution in [3.8, 4) is 0 Å². The highest BCUT2D eigenvalue weighted by molar-refractivity contribution is 7.92. The number of rotatable bonds is 8. The van der Waals surface area contributed by atoms with Gasteiger partial charge in [0.15, 0.2) is 5.13 Å². The lowest BCUT2D eigenvalue weighted by atomic mass is 10.2. The summed E-state index contributed by atoms with van der Waals surface area (Å²) in [6, 6.07) is 16.8. The Labute approximate surface area is 229 Å². The maximum Gasteiger partial charge on any atom is 0.261 e. The van der Waals surface area contributed by atoms with E-state index in [1.165, 1.54) is 47.7 Å². The summed E-state index contributed by atoms with van der Waals surface area (Å²) in [5.74, 6) is -0.480. The number of hydrogen-bond donors (Lipinski definition) is 2. The molecule has 198 valence electrons. The van der Waals surface area contributed by atoms with Crippen LogP contribution in [0.2, 0.25) is 5.02 Å². The summed E-state index contributed by atoms with van der Waals surface area (Å²) in [4.78, 5) is 21.8. The highest BCUT2D eigenvalue weighted by Gasteiger charge is 2.20. The fourth-order valence-corrected chi connectivity index (χ4v) is 6.36. The normalized spacial score (nSPS) is 14.5. The first kappa shape index (κ1) is 26.4. The molecule has 38 heavy (non-hydrogen) atoms. The van der Waals surface area contributed by atoms with Crippen LogP contribution < -0.4 is 14.9 Å². The molecule has 0 unspecified atom stereocenters. The van der Waals surface area contributed by atoms with Crippen molar-refractivity contribution in [1.82, 2.24) is 15.2 Å². The molecular weight excluding hydrogens is 549 g/mol. The summed E-state index contributed by atoms with van der Waals surface area (Å²) in [6.07, 6.45) is 0. The van der Waals surface area contributed by atoms with Crippen LogP contribution in [-0.2, 0) is 10.0 Å². The summed E-state index contributed by atoms with van der Waals surface area (Å²) in [6.45, 7) is 4.49. The molecule has 0 atom stereocenters. The molecule has 0 spiro atoms. The van der Waals surface area contributed by atoms with Gasteiger partial charge in [0, 0.05) is 55.5 Å². The molecule has 4 aromatic rings. The van der Waals surface area contributed by atoms with Gasteiger partial charge in [0.25, 0.3) is 15.9 Å². The number of anilines is 2. The molecule has 2 heterocycles. The van der Waals surface area contributed by atoms with E-state index in [-0.39, 0.29) is 16.6 Å². The number of piperazine rings is 1. The van der Waals surface area contributed by atoms with Crippen LogP contribution in [0.1, 0.15) is 10.4 Å². The van der Waals surface area contributed by atoms with Crippen LogP contribution in [0.25, 0.3) is 10.2 Å². The van der Waals surface area contributed by atoms with Crippen molar-refractivity contribution in [1.29, 1.82) is 0 Å². The van der Waals surface area contributed by atoms with Crippen LogP contribution in [0.15, 0.2) is 71.6 Å².